The number of nitriles is 1. The van der Waals surface area contributed by atoms with Gasteiger partial charge >= 0.3 is 0 Å². The molecule has 0 radical (unpaired) electrons. The summed E-state index contributed by atoms with van der Waals surface area (Å²) in [7, 11) is 0. The fourth-order valence-electron chi connectivity index (χ4n) is 1.43. The van der Waals surface area contributed by atoms with Gasteiger partial charge in [0.05, 0.1) is 28.4 Å². The Morgan fingerprint density at radius 3 is 2.73 bits per heavy atom. The summed E-state index contributed by atoms with van der Waals surface area (Å²) in [5.74, 6) is 0.117. The predicted octanol–water partition coefficient (Wildman–Crippen LogP) is 2.79. The summed E-state index contributed by atoms with van der Waals surface area (Å²) < 4.78 is 1.83. The third-order valence-corrected chi connectivity index (χ3v) is 3.13. The van der Waals surface area contributed by atoms with Crippen molar-refractivity contribution in [2.45, 2.75) is 26.8 Å². The maximum atomic E-state index is 8.84. The Kier molecular flexibility index (Phi) is 4.44. The van der Waals surface area contributed by atoms with Crippen LogP contribution in [-0.2, 0) is 13.0 Å². The van der Waals surface area contributed by atoms with Crippen LogP contribution in [0.15, 0.2) is 0 Å². The van der Waals surface area contributed by atoms with Gasteiger partial charge in [-0.25, -0.2) is 0 Å². The van der Waals surface area contributed by atoms with Crippen molar-refractivity contribution in [2.75, 3.05) is 5.88 Å². The number of aromatic nitrogens is 2. The van der Waals surface area contributed by atoms with E-state index in [0.29, 0.717) is 17.3 Å². The minimum absolute atomic E-state index is 0.203. The first kappa shape index (κ1) is 12.4. The molecule has 0 fully saturated rings. The van der Waals surface area contributed by atoms with E-state index in [1.165, 1.54) is 0 Å². The highest BCUT2D eigenvalue weighted by atomic mass is 35.5. The van der Waals surface area contributed by atoms with Crippen molar-refractivity contribution >= 4 is 23.2 Å². The Morgan fingerprint density at radius 1 is 1.60 bits per heavy atom. The Hall–Kier alpha value is -0.720. The summed E-state index contributed by atoms with van der Waals surface area (Å²) in [6.07, 6.45) is 0.563. The van der Waals surface area contributed by atoms with E-state index in [9.17, 15) is 0 Å². The Bertz CT molecular complexity index is 379. The van der Waals surface area contributed by atoms with Crippen LogP contribution in [0.25, 0.3) is 0 Å². The van der Waals surface area contributed by atoms with Crippen LogP contribution in [0.2, 0.25) is 5.02 Å². The van der Waals surface area contributed by atoms with Gasteiger partial charge in [0.15, 0.2) is 0 Å². The number of alkyl halides is 1. The van der Waals surface area contributed by atoms with Gasteiger partial charge in [0, 0.05) is 18.8 Å². The highest BCUT2D eigenvalue weighted by molar-refractivity contribution is 6.31. The van der Waals surface area contributed by atoms with Gasteiger partial charge in [0.25, 0.3) is 0 Å². The van der Waals surface area contributed by atoms with Crippen molar-refractivity contribution in [1.29, 1.82) is 5.26 Å². The molecule has 0 spiro atoms. The molecule has 0 saturated heterocycles. The molecular weight excluding hydrogens is 233 g/mol. The molecule has 0 saturated carbocycles. The quantitative estimate of drug-likeness (QED) is 0.766. The monoisotopic (exact) mass is 245 g/mol. The molecule has 0 aromatic carbocycles. The van der Waals surface area contributed by atoms with Crippen LogP contribution in [0.3, 0.4) is 0 Å². The largest absolute Gasteiger partial charge is 0.268 e. The van der Waals surface area contributed by atoms with Crippen LogP contribution in [0.5, 0.6) is 0 Å². The molecule has 3 nitrogen and oxygen atoms in total. The van der Waals surface area contributed by atoms with Crippen molar-refractivity contribution in [1.82, 2.24) is 9.78 Å². The van der Waals surface area contributed by atoms with E-state index in [1.807, 2.05) is 18.5 Å². The van der Waals surface area contributed by atoms with Gasteiger partial charge in [-0.1, -0.05) is 11.6 Å². The fraction of sp³-hybridized carbons (Fsp3) is 0.600. The van der Waals surface area contributed by atoms with Gasteiger partial charge in [0.1, 0.15) is 0 Å². The van der Waals surface area contributed by atoms with E-state index in [-0.39, 0.29) is 5.92 Å². The molecule has 5 heteroatoms. The van der Waals surface area contributed by atoms with Gasteiger partial charge in [0.2, 0.25) is 0 Å². The van der Waals surface area contributed by atoms with Gasteiger partial charge in [-0.3, -0.25) is 4.68 Å². The molecule has 0 N–H and O–H groups in total. The average Bonchev–Trinajstić information content (AvgIpc) is 2.52. The molecule has 0 amide bonds. The van der Waals surface area contributed by atoms with Crippen LogP contribution >= 0.6 is 23.2 Å². The Morgan fingerprint density at radius 2 is 2.27 bits per heavy atom. The van der Waals surface area contributed by atoms with E-state index >= 15 is 0 Å². The van der Waals surface area contributed by atoms with Crippen LogP contribution in [0.4, 0.5) is 0 Å². The van der Waals surface area contributed by atoms with Crippen LogP contribution in [-0.4, -0.2) is 15.7 Å². The second kappa shape index (κ2) is 5.39. The maximum Gasteiger partial charge on any atom is 0.0847 e. The lowest BCUT2D eigenvalue weighted by Gasteiger charge is -2.07. The minimum Gasteiger partial charge on any atom is -0.268 e. The molecule has 1 heterocycles. The molecule has 0 bridgehead atoms. The second-order valence-corrected chi connectivity index (χ2v) is 4.03. The average molecular weight is 246 g/mol. The first-order valence-electron chi connectivity index (χ1n) is 4.81. The van der Waals surface area contributed by atoms with E-state index in [0.717, 1.165) is 17.9 Å². The highest BCUT2D eigenvalue weighted by Crippen LogP contribution is 2.23. The SMILES string of the molecule is CCn1nc(C)c(Cl)c1CC(C#N)CCl. The molecule has 0 aliphatic carbocycles. The molecule has 1 atom stereocenters. The Labute approximate surface area is 99.6 Å². The minimum atomic E-state index is -0.203. The molecule has 15 heavy (non-hydrogen) atoms. The third-order valence-electron chi connectivity index (χ3n) is 2.26. The summed E-state index contributed by atoms with van der Waals surface area (Å²) in [5.41, 5.74) is 1.71. The number of nitrogens with zero attached hydrogens (tertiary/aromatic N) is 3. The van der Waals surface area contributed by atoms with Gasteiger partial charge < -0.3 is 0 Å². The second-order valence-electron chi connectivity index (χ2n) is 3.35. The standard InChI is InChI=1S/C10H13Cl2N3/c1-3-15-9(4-8(5-11)6-13)10(12)7(2)14-15/h8H,3-5H2,1-2H3. The van der Waals surface area contributed by atoms with Gasteiger partial charge in [-0.05, 0) is 13.8 Å². The maximum absolute atomic E-state index is 8.84. The summed E-state index contributed by atoms with van der Waals surface area (Å²) in [4.78, 5) is 0. The summed E-state index contributed by atoms with van der Waals surface area (Å²) >= 11 is 11.8. The molecular formula is C10H13Cl2N3. The smallest absolute Gasteiger partial charge is 0.0847 e. The normalized spacial score (nSPS) is 12.5. The summed E-state index contributed by atoms with van der Waals surface area (Å²) in [5, 5.41) is 13.8. The molecule has 1 aromatic heterocycles. The lowest BCUT2D eigenvalue weighted by atomic mass is 10.1. The lowest BCUT2D eigenvalue weighted by Crippen LogP contribution is -2.10. The van der Waals surface area contributed by atoms with Crippen molar-refractivity contribution in [3.8, 4) is 6.07 Å². The van der Waals surface area contributed by atoms with Crippen LogP contribution < -0.4 is 0 Å². The highest BCUT2D eigenvalue weighted by Gasteiger charge is 2.16. The summed E-state index contributed by atoms with van der Waals surface area (Å²) in [6, 6.07) is 2.16. The zero-order chi connectivity index (χ0) is 11.4. The zero-order valence-corrected chi connectivity index (χ0v) is 10.3. The van der Waals surface area contributed by atoms with Crippen molar-refractivity contribution in [3.63, 3.8) is 0 Å². The number of hydrogen-bond donors (Lipinski definition) is 0. The van der Waals surface area contributed by atoms with Crippen molar-refractivity contribution < 1.29 is 0 Å². The zero-order valence-electron chi connectivity index (χ0n) is 8.80. The molecule has 1 rings (SSSR count). The van der Waals surface area contributed by atoms with Crippen molar-refractivity contribution in [2.24, 2.45) is 5.92 Å². The first-order valence-corrected chi connectivity index (χ1v) is 5.72. The number of hydrogen-bond acceptors (Lipinski definition) is 2. The molecule has 0 aliphatic rings. The molecule has 0 aliphatic heterocycles. The predicted molar refractivity (Wildman–Crippen MR) is 61.2 cm³/mol. The summed E-state index contributed by atoms with van der Waals surface area (Å²) in [6.45, 7) is 4.61. The first-order chi connectivity index (χ1) is 7.13. The molecule has 1 unspecified atom stereocenters. The number of halogens is 2. The topological polar surface area (TPSA) is 41.6 Å². The molecule has 1 aromatic rings. The number of rotatable bonds is 4. The third kappa shape index (κ3) is 2.64. The van der Waals surface area contributed by atoms with Gasteiger partial charge in [-0.2, -0.15) is 10.4 Å². The van der Waals surface area contributed by atoms with Crippen molar-refractivity contribution in [3.05, 3.63) is 16.4 Å². The lowest BCUT2D eigenvalue weighted by molar-refractivity contribution is 0.590. The Balaban J connectivity index is 2.98. The van der Waals surface area contributed by atoms with E-state index in [1.54, 1.807) is 0 Å². The van der Waals surface area contributed by atoms with Gasteiger partial charge in [-0.15, -0.1) is 11.6 Å². The van der Waals surface area contributed by atoms with E-state index in [2.05, 4.69) is 11.2 Å². The van der Waals surface area contributed by atoms with Crippen LogP contribution in [0.1, 0.15) is 18.3 Å². The van der Waals surface area contributed by atoms with E-state index in [4.69, 9.17) is 28.5 Å². The van der Waals surface area contributed by atoms with E-state index < -0.39 is 0 Å². The molecule has 82 valence electrons. The fourth-order valence-corrected chi connectivity index (χ4v) is 1.82. The van der Waals surface area contributed by atoms with Crippen LogP contribution in [0, 0.1) is 24.2 Å². The number of aryl methyl sites for hydroxylation is 2.